The van der Waals surface area contributed by atoms with Crippen LogP contribution in [0.4, 0.5) is 0 Å². The van der Waals surface area contributed by atoms with Crippen LogP contribution in [0.2, 0.25) is 0 Å². The van der Waals surface area contributed by atoms with E-state index in [2.05, 4.69) is 10.1 Å². The minimum atomic E-state index is -0.759. The summed E-state index contributed by atoms with van der Waals surface area (Å²) >= 11 is 0. The molecule has 2 aromatic heterocycles. The molecule has 0 saturated heterocycles. The van der Waals surface area contributed by atoms with Crippen molar-refractivity contribution in [1.82, 2.24) is 19.7 Å². The van der Waals surface area contributed by atoms with Gasteiger partial charge in [0.1, 0.15) is 6.10 Å². The van der Waals surface area contributed by atoms with E-state index in [1.165, 1.54) is 0 Å². The number of nitrogens with zero attached hydrogens (tertiary/aromatic N) is 4. The normalized spacial score (nSPS) is 15.1. The summed E-state index contributed by atoms with van der Waals surface area (Å²) in [6.07, 6.45) is 3.87. The third-order valence-corrected chi connectivity index (χ3v) is 4.86. The maximum atomic E-state index is 12.7. The topological polar surface area (TPSA) is 71.2 Å². The van der Waals surface area contributed by atoms with Crippen LogP contribution in [0.5, 0.6) is 0 Å². The highest BCUT2D eigenvalue weighted by Gasteiger charge is 2.23. The van der Waals surface area contributed by atoms with Gasteiger partial charge >= 0.3 is 0 Å². The minimum absolute atomic E-state index is 0.0859. The molecular formula is C21H22N4O2. The Labute approximate surface area is 158 Å². The Balaban J connectivity index is 1.50. The molecule has 1 aliphatic heterocycles. The maximum Gasteiger partial charge on any atom is 0.227 e. The first-order valence-electron chi connectivity index (χ1n) is 9.17. The third-order valence-electron chi connectivity index (χ3n) is 4.86. The maximum absolute atomic E-state index is 12.7. The Morgan fingerprint density at radius 1 is 1.15 bits per heavy atom. The molecule has 0 unspecified atom stereocenters. The zero-order valence-electron chi connectivity index (χ0n) is 15.0. The van der Waals surface area contributed by atoms with Crippen molar-refractivity contribution in [2.75, 3.05) is 6.54 Å². The van der Waals surface area contributed by atoms with Gasteiger partial charge in [0.2, 0.25) is 5.91 Å². The smallest absolute Gasteiger partial charge is 0.227 e. The van der Waals surface area contributed by atoms with Crippen LogP contribution in [-0.4, -0.2) is 37.2 Å². The zero-order chi connectivity index (χ0) is 18.6. The second-order valence-electron chi connectivity index (χ2n) is 6.80. The molecule has 0 bridgehead atoms. The van der Waals surface area contributed by atoms with E-state index in [-0.39, 0.29) is 5.91 Å². The van der Waals surface area contributed by atoms with Crippen molar-refractivity contribution in [3.63, 3.8) is 0 Å². The van der Waals surface area contributed by atoms with E-state index in [0.29, 0.717) is 25.2 Å². The van der Waals surface area contributed by atoms with Gasteiger partial charge in [0.05, 0.1) is 24.4 Å². The van der Waals surface area contributed by atoms with Crippen LogP contribution in [0.25, 0.3) is 0 Å². The standard InChI is InChI=1S/C21H22N4O2/c26-20(12-16-6-4-9-22-14-16)24-10-5-11-25-18(15-24)13-19(23-25)21(27)17-7-2-1-3-8-17/h1-4,6-9,13-14,21,27H,5,10-12,15H2/t21-/m0/s1. The van der Waals surface area contributed by atoms with E-state index >= 15 is 0 Å². The molecule has 3 heterocycles. The quantitative estimate of drug-likeness (QED) is 0.773. The first kappa shape index (κ1) is 17.4. The lowest BCUT2D eigenvalue weighted by molar-refractivity contribution is -0.131. The van der Waals surface area contributed by atoms with Crippen molar-refractivity contribution in [2.24, 2.45) is 0 Å². The lowest BCUT2D eigenvalue weighted by Crippen LogP contribution is -2.32. The molecule has 1 amide bonds. The summed E-state index contributed by atoms with van der Waals surface area (Å²) in [5, 5.41) is 15.2. The van der Waals surface area contributed by atoms with E-state index in [1.807, 2.05) is 58.1 Å². The summed E-state index contributed by atoms with van der Waals surface area (Å²) in [4.78, 5) is 18.7. The lowest BCUT2D eigenvalue weighted by atomic mass is 10.1. The van der Waals surface area contributed by atoms with Gasteiger partial charge in [-0.1, -0.05) is 36.4 Å². The molecular weight excluding hydrogens is 340 g/mol. The van der Waals surface area contributed by atoms with Crippen LogP contribution in [0.15, 0.2) is 60.9 Å². The molecule has 0 spiro atoms. The predicted molar refractivity (Wildman–Crippen MR) is 101 cm³/mol. The number of carbonyl (C=O) groups excluding carboxylic acids is 1. The molecule has 6 nitrogen and oxygen atoms in total. The number of aryl methyl sites for hydroxylation is 1. The van der Waals surface area contributed by atoms with Gasteiger partial charge in [-0.05, 0) is 29.7 Å². The molecule has 4 rings (SSSR count). The Kier molecular flexibility index (Phi) is 4.98. The molecule has 3 aromatic rings. The fraction of sp³-hybridized carbons (Fsp3) is 0.286. The molecule has 27 heavy (non-hydrogen) atoms. The van der Waals surface area contributed by atoms with E-state index in [1.54, 1.807) is 12.4 Å². The molecule has 0 radical (unpaired) electrons. The van der Waals surface area contributed by atoms with Gasteiger partial charge in [0.15, 0.2) is 0 Å². The van der Waals surface area contributed by atoms with Gasteiger partial charge in [0, 0.05) is 25.5 Å². The number of hydrogen-bond donors (Lipinski definition) is 1. The number of amides is 1. The zero-order valence-corrected chi connectivity index (χ0v) is 15.0. The first-order valence-corrected chi connectivity index (χ1v) is 9.17. The third kappa shape index (κ3) is 3.90. The van der Waals surface area contributed by atoms with Crippen LogP contribution in [0.3, 0.4) is 0 Å². The average Bonchev–Trinajstić information content (AvgIpc) is 3.00. The number of carbonyl (C=O) groups is 1. The lowest BCUT2D eigenvalue weighted by Gasteiger charge is -2.20. The Hall–Kier alpha value is -2.99. The van der Waals surface area contributed by atoms with Crippen molar-refractivity contribution in [2.45, 2.75) is 32.0 Å². The van der Waals surface area contributed by atoms with E-state index in [4.69, 9.17) is 0 Å². The van der Waals surface area contributed by atoms with Crippen molar-refractivity contribution < 1.29 is 9.90 Å². The van der Waals surface area contributed by atoms with Gasteiger partial charge in [-0.3, -0.25) is 14.5 Å². The van der Waals surface area contributed by atoms with Gasteiger partial charge in [-0.15, -0.1) is 0 Å². The van der Waals surface area contributed by atoms with Gasteiger partial charge < -0.3 is 10.0 Å². The molecule has 1 atom stereocenters. The van der Waals surface area contributed by atoms with E-state index in [0.717, 1.165) is 29.8 Å². The Morgan fingerprint density at radius 2 is 2.00 bits per heavy atom. The Morgan fingerprint density at radius 3 is 2.78 bits per heavy atom. The molecule has 1 N–H and O–H groups in total. The number of aromatic nitrogens is 3. The van der Waals surface area contributed by atoms with Gasteiger partial charge in [-0.25, -0.2) is 0 Å². The predicted octanol–water partition coefficient (Wildman–Crippen LogP) is 2.33. The highest BCUT2D eigenvalue weighted by Crippen LogP contribution is 2.23. The summed E-state index contributed by atoms with van der Waals surface area (Å²) in [5.41, 5.74) is 3.31. The van der Waals surface area contributed by atoms with Crippen LogP contribution in [0.1, 0.15) is 35.0 Å². The fourth-order valence-corrected chi connectivity index (χ4v) is 3.43. The molecule has 138 valence electrons. The molecule has 1 aliphatic rings. The number of hydrogen-bond acceptors (Lipinski definition) is 4. The molecule has 1 aromatic carbocycles. The monoisotopic (exact) mass is 362 g/mol. The van der Waals surface area contributed by atoms with E-state index < -0.39 is 6.10 Å². The highest BCUT2D eigenvalue weighted by atomic mass is 16.3. The number of pyridine rings is 1. The average molecular weight is 362 g/mol. The van der Waals surface area contributed by atoms with Crippen molar-refractivity contribution >= 4 is 5.91 Å². The number of aliphatic hydroxyl groups is 1. The number of aliphatic hydroxyl groups excluding tert-OH is 1. The molecule has 6 heteroatoms. The minimum Gasteiger partial charge on any atom is -0.382 e. The molecule has 0 aliphatic carbocycles. The van der Waals surface area contributed by atoms with Crippen LogP contribution < -0.4 is 0 Å². The number of benzene rings is 1. The second kappa shape index (κ2) is 7.72. The van der Waals surface area contributed by atoms with E-state index in [9.17, 15) is 9.90 Å². The summed E-state index contributed by atoms with van der Waals surface area (Å²) < 4.78 is 1.92. The van der Waals surface area contributed by atoms with Crippen molar-refractivity contribution in [1.29, 1.82) is 0 Å². The van der Waals surface area contributed by atoms with Crippen LogP contribution in [0, 0.1) is 0 Å². The second-order valence-corrected chi connectivity index (χ2v) is 6.80. The number of rotatable bonds is 4. The molecule has 0 saturated carbocycles. The Bertz CT molecular complexity index is 908. The first-order chi connectivity index (χ1) is 13.2. The van der Waals surface area contributed by atoms with Crippen LogP contribution >= 0.6 is 0 Å². The number of fused-ring (bicyclic) bond motifs is 1. The van der Waals surface area contributed by atoms with Crippen LogP contribution in [-0.2, 0) is 24.3 Å². The van der Waals surface area contributed by atoms with Crippen molar-refractivity contribution in [3.8, 4) is 0 Å². The SMILES string of the molecule is O=C(Cc1cccnc1)N1CCCn2nc([C@@H](O)c3ccccc3)cc2C1. The summed E-state index contributed by atoms with van der Waals surface area (Å²) in [6.45, 7) is 1.96. The largest absolute Gasteiger partial charge is 0.382 e. The van der Waals surface area contributed by atoms with Crippen molar-refractivity contribution in [3.05, 3.63) is 83.4 Å². The van der Waals surface area contributed by atoms with Gasteiger partial charge in [-0.2, -0.15) is 5.10 Å². The van der Waals surface area contributed by atoms with Gasteiger partial charge in [0.25, 0.3) is 0 Å². The summed E-state index contributed by atoms with van der Waals surface area (Å²) in [6, 6.07) is 15.2. The molecule has 0 fully saturated rings. The summed E-state index contributed by atoms with van der Waals surface area (Å²) in [5.74, 6) is 0.0859. The summed E-state index contributed by atoms with van der Waals surface area (Å²) in [7, 11) is 0. The fourth-order valence-electron chi connectivity index (χ4n) is 3.43. The highest BCUT2D eigenvalue weighted by molar-refractivity contribution is 5.78.